The Balaban J connectivity index is 1.48. The molecule has 2 aromatic rings. The lowest BCUT2D eigenvalue weighted by Crippen LogP contribution is -2.44. The number of aromatic nitrogens is 1. The summed E-state index contributed by atoms with van der Waals surface area (Å²) in [6.07, 6.45) is 5.05. The molecule has 0 saturated carbocycles. The molecule has 1 aliphatic heterocycles. The molecule has 0 amide bonds. The number of piperidine rings is 1. The third kappa shape index (κ3) is 4.54. The first-order valence-electron chi connectivity index (χ1n) is 8.73. The van der Waals surface area contributed by atoms with Gasteiger partial charge in [-0.1, -0.05) is 6.07 Å². The average molecular weight is 340 g/mol. The molecular weight excluding hydrogens is 316 g/mol. The fourth-order valence-electron chi connectivity index (χ4n) is 3.37. The molecule has 0 bridgehead atoms. The van der Waals surface area contributed by atoms with E-state index in [1.54, 1.807) is 12.1 Å². The smallest absolute Gasteiger partial charge is 0.269 e. The third-order valence-electron chi connectivity index (χ3n) is 4.98. The summed E-state index contributed by atoms with van der Waals surface area (Å²) in [6.45, 7) is 3.20. The van der Waals surface area contributed by atoms with Gasteiger partial charge in [-0.3, -0.25) is 15.1 Å². The van der Waals surface area contributed by atoms with Crippen LogP contribution in [-0.4, -0.2) is 47.5 Å². The van der Waals surface area contributed by atoms with Crippen LogP contribution in [0.4, 0.5) is 11.4 Å². The van der Waals surface area contributed by atoms with Gasteiger partial charge in [0.25, 0.3) is 5.69 Å². The molecule has 25 heavy (non-hydrogen) atoms. The highest BCUT2D eigenvalue weighted by Crippen LogP contribution is 2.24. The minimum atomic E-state index is -0.357. The maximum Gasteiger partial charge on any atom is 0.269 e. The summed E-state index contributed by atoms with van der Waals surface area (Å²) in [5.41, 5.74) is 2.33. The first kappa shape index (κ1) is 17.4. The van der Waals surface area contributed by atoms with E-state index in [0.717, 1.165) is 50.3 Å². The van der Waals surface area contributed by atoms with Crippen molar-refractivity contribution < 1.29 is 4.92 Å². The Kier molecular flexibility index (Phi) is 5.60. The van der Waals surface area contributed by atoms with Crippen LogP contribution in [0.1, 0.15) is 18.5 Å². The highest BCUT2D eigenvalue weighted by Gasteiger charge is 2.22. The summed E-state index contributed by atoms with van der Waals surface area (Å²) < 4.78 is 0. The van der Waals surface area contributed by atoms with Crippen LogP contribution in [-0.2, 0) is 6.42 Å². The molecule has 1 aromatic heterocycles. The number of nitro groups is 1. The quantitative estimate of drug-likeness (QED) is 0.597. The second-order valence-electron chi connectivity index (χ2n) is 6.53. The van der Waals surface area contributed by atoms with E-state index in [0.29, 0.717) is 6.04 Å². The summed E-state index contributed by atoms with van der Waals surface area (Å²) in [5.74, 6) is 0. The number of nitro benzene ring substituents is 1. The van der Waals surface area contributed by atoms with E-state index >= 15 is 0 Å². The number of anilines is 1. The Morgan fingerprint density at radius 1 is 1.20 bits per heavy atom. The predicted molar refractivity (Wildman–Crippen MR) is 98.9 cm³/mol. The largest absolute Gasteiger partial charge is 0.372 e. The van der Waals surface area contributed by atoms with Gasteiger partial charge in [0.2, 0.25) is 0 Å². The Morgan fingerprint density at radius 2 is 1.92 bits per heavy atom. The lowest BCUT2D eigenvalue weighted by atomic mass is 10.0. The van der Waals surface area contributed by atoms with Gasteiger partial charge in [-0.15, -0.1) is 0 Å². The van der Waals surface area contributed by atoms with Gasteiger partial charge >= 0.3 is 0 Å². The van der Waals surface area contributed by atoms with E-state index in [-0.39, 0.29) is 10.6 Å². The zero-order valence-electron chi connectivity index (χ0n) is 14.5. The fraction of sp³-hybridized carbons (Fsp3) is 0.421. The monoisotopic (exact) mass is 340 g/mol. The van der Waals surface area contributed by atoms with Gasteiger partial charge < -0.3 is 9.80 Å². The Bertz CT molecular complexity index is 682. The van der Waals surface area contributed by atoms with Crippen LogP contribution >= 0.6 is 0 Å². The molecule has 1 fully saturated rings. The molecule has 132 valence electrons. The van der Waals surface area contributed by atoms with Crippen molar-refractivity contribution in [3.63, 3.8) is 0 Å². The highest BCUT2D eigenvalue weighted by molar-refractivity contribution is 5.51. The van der Waals surface area contributed by atoms with Crippen LogP contribution in [0.25, 0.3) is 0 Å². The van der Waals surface area contributed by atoms with E-state index < -0.39 is 0 Å². The standard InChI is InChI=1S/C19H24N4O2/c1-21(17-5-7-19(8-6-17)23(24)25)18-10-14-22(15-11-18)13-9-16-4-2-3-12-20-16/h2-8,12,18H,9-11,13-15H2,1H3. The van der Waals surface area contributed by atoms with Crippen molar-refractivity contribution in [1.82, 2.24) is 9.88 Å². The first-order valence-corrected chi connectivity index (χ1v) is 8.73. The lowest BCUT2D eigenvalue weighted by molar-refractivity contribution is -0.384. The molecule has 6 heteroatoms. The number of rotatable bonds is 6. The molecule has 1 saturated heterocycles. The second kappa shape index (κ2) is 8.07. The molecule has 0 N–H and O–H groups in total. The van der Waals surface area contributed by atoms with Crippen LogP contribution in [0.5, 0.6) is 0 Å². The number of hydrogen-bond acceptors (Lipinski definition) is 5. The molecule has 2 heterocycles. The normalized spacial score (nSPS) is 15.9. The number of benzene rings is 1. The predicted octanol–water partition coefficient (Wildman–Crippen LogP) is 3.13. The number of pyridine rings is 1. The van der Waals surface area contributed by atoms with Crippen molar-refractivity contribution in [1.29, 1.82) is 0 Å². The van der Waals surface area contributed by atoms with Crippen molar-refractivity contribution >= 4 is 11.4 Å². The summed E-state index contributed by atoms with van der Waals surface area (Å²) >= 11 is 0. The molecule has 6 nitrogen and oxygen atoms in total. The average Bonchev–Trinajstić information content (AvgIpc) is 2.67. The zero-order chi connectivity index (χ0) is 17.6. The molecular formula is C19H24N4O2. The van der Waals surface area contributed by atoms with Crippen molar-refractivity contribution in [3.8, 4) is 0 Å². The van der Waals surface area contributed by atoms with Gasteiger partial charge in [0.15, 0.2) is 0 Å². The number of hydrogen-bond donors (Lipinski definition) is 0. The van der Waals surface area contributed by atoms with Crippen molar-refractivity contribution in [2.45, 2.75) is 25.3 Å². The fourth-order valence-corrected chi connectivity index (χ4v) is 3.37. The zero-order valence-corrected chi connectivity index (χ0v) is 14.5. The topological polar surface area (TPSA) is 62.5 Å². The lowest BCUT2D eigenvalue weighted by Gasteiger charge is -2.37. The van der Waals surface area contributed by atoms with Crippen molar-refractivity contribution in [2.24, 2.45) is 0 Å². The SMILES string of the molecule is CN(c1ccc([N+](=O)[O-])cc1)C1CCN(CCc2ccccn2)CC1. The molecule has 0 atom stereocenters. The molecule has 0 unspecified atom stereocenters. The van der Waals surface area contributed by atoms with Gasteiger partial charge in [0.05, 0.1) is 4.92 Å². The highest BCUT2D eigenvalue weighted by atomic mass is 16.6. The first-order chi connectivity index (χ1) is 12.1. The minimum absolute atomic E-state index is 0.140. The second-order valence-corrected chi connectivity index (χ2v) is 6.53. The third-order valence-corrected chi connectivity index (χ3v) is 4.98. The van der Waals surface area contributed by atoms with Crippen LogP contribution in [0, 0.1) is 10.1 Å². The molecule has 0 spiro atoms. The van der Waals surface area contributed by atoms with Crippen LogP contribution < -0.4 is 4.90 Å². The summed E-state index contributed by atoms with van der Waals surface area (Å²) in [4.78, 5) is 19.5. The van der Waals surface area contributed by atoms with Gasteiger partial charge in [-0.2, -0.15) is 0 Å². The molecule has 1 aromatic carbocycles. The Morgan fingerprint density at radius 3 is 2.52 bits per heavy atom. The number of nitrogens with zero attached hydrogens (tertiary/aromatic N) is 4. The van der Waals surface area contributed by atoms with Gasteiger partial charge in [0, 0.05) is 68.9 Å². The van der Waals surface area contributed by atoms with Crippen molar-refractivity contribution in [3.05, 3.63) is 64.5 Å². The van der Waals surface area contributed by atoms with E-state index in [9.17, 15) is 10.1 Å². The van der Waals surface area contributed by atoms with Crippen LogP contribution in [0.15, 0.2) is 48.7 Å². The number of non-ortho nitro benzene ring substituents is 1. The van der Waals surface area contributed by atoms with E-state index in [1.807, 2.05) is 30.5 Å². The summed E-state index contributed by atoms with van der Waals surface area (Å²) in [6, 6.07) is 13.4. The van der Waals surface area contributed by atoms with Crippen molar-refractivity contribution in [2.75, 3.05) is 31.6 Å². The van der Waals surface area contributed by atoms with Gasteiger partial charge in [-0.25, -0.2) is 0 Å². The molecule has 3 rings (SSSR count). The number of likely N-dealkylation sites (tertiary alicyclic amines) is 1. The Hall–Kier alpha value is -2.47. The molecule has 1 aliphatic rings. The van der Waals surface area contributed by atoms with Crippen LogP contribution in [0.3, 0.4) is 0 Å². The van der Waals surface area contributed by atoms with Crippen LogP contribution in [0.2, 0.25) is 0 Å². The van der Waals surface area contributed by atoms with E-state index in [1.165, 1.54) is 0 Å². The summed E-state index contributed by atoms with van der Waals surface area (Å²) in [7, 11) is 2.08. The van der Waals surface area contributed by atoms with Gasteiger partial charge in [0.1, 0.15) is 0 Å². The maximum absolute atomic E-state index is 10.8. The maximum atomic E-state index is 10.8. The van der Waals surface area contributed by atoms with Gasteiger partial charge in [-0.05, 0) is 37.1 Å². The summed E-state index contributed by atoms with van der Waals surface area (Å²) in [5, 5.41) is 10.8. The molecule has 0 radical (unpaired) electrons. The molecule has 0 aliphatic carbocycles. The minimum Gasteiger partial charge on any atom is -0.372 e. The van der Waals surface area contributed by atoms with E-state index in [4.69, 9.17) is 0 Å². The Labute approximate surface area is 148 Å². The van der Waals surface area contributed by atoms with E-state index in [2.05, 4.69) is 27.9 Å².